The maximum Gasteiger partial charge on any atom is 0.253 e. The van der Waals surface area contributed by atoms with Crippen LogP contribution in [0.15, 0.2) is 42.7 Å². The van der Waals surface area contributed by atoms with Gasteiger partial charge in [0.05, 0.1) is 11.3 Å². The van der Waals surface area contributed by atoms with Crippen LogP contribution in [0.4, 0.5) is 0 Å². The number of rotatable bonds is 6. The fourth-order valence-corrected chi connectivity index (χ4v) is 3.08. The first-order valence-corrected chi connectivity index (χ1v) is 8.71. The van der Waals surface area contributed by atoms with Crippen LogP contribution in [0.2, 0.25) is 0 Å². The van der Waals surface area contributed by atoms with Crippen LogP contribution in [-0.2, 0) is 0 Å². The van der Waals surface area contributed by atoms with E-state index in [-0.39, 0.29) is 5.91 Å². The number of aromatic nitrogens is 2. The summed E-state index contributed by atoms with van der Waals surface area (Å²) in [6, 6.07) is 9.21. The number of hydrogen-bond donors (Lipinski definition) is 1. The Bertz CT molecular complexity index is 653. The molecule has 1 fully saturated rings. The van der Waals surface area contributed by atoms with E-state index in [1.807, 2.05) is 18.2 Å². The van der Waals surface area contributed by atoms with Crippen LogP contribution in [0.25, 0.3) is 11.4 Å². The summed E-state index contributed by atoms with van der Waals surface area (Å²) in [5, 5.41) is 3.02. The van der Waals surface area contributed by atoms with Crippen LogP contribution < -0.4 is 5.32 Å². The highest BCUT2D eigenvalue weighted by Gasteiger charge is 2.14. The molecular formula is C19H24N4O. The van der Waals surface area contributed by atoms with Gasteiger partial charge in [0, 0.05) is 18.9 Å². The number of carbonyl (C=O) groups excluding carboxylic acids is 1. The fourth-order valence-electron chi connectivity index (χ4n) is 3.08. The van der Waals surface area contributed by atoms with Crippen molar-refractivity contribution in [2.75, 3.05) is 26.2 Å². The number of pyridine rings is 2. The van der Waals surface area contributed by atoms with Gasteiger partial charge in [0.1, 0.15) is 5.69 Å². The average molecular weight is 324 g/mol. The zero-order valence-electron chi connectivity index (χ0n) is 13.9. The van der Waals surface area contributed by atoms with Gasteiger partial charge in [-0.15, -0.1) is 0 Å². The quantitative estimate of drug-likeness (QED) is 0.830. The molecule has 3 rings (SSSR count). The standard InChI is InChI=1S/C19H24N4O/c24-19(22-12-7-15-23-13-4-1-5-14-23)16-8-6-11-21-18(16)17-9-2-3-10-20-17/h2-3,6,8-11H,1,4-5,7,12-15H2,(H,22,24). The maximum absolute atomic E-state index is 12.5. The number of hydrogen-bond acceptors (Lipinski definition) is 4. The molecule has 1 aliphatic heterocycles. The summed E-state index contributed by atoms with van der Waals surface area (Å²) in [5.41, 5.74) is 1.93. The summed E-state index contributed by atoms with van der Waals surface area (Å²) in [6.45, 7) is 4.13. The molecule has 5 nitrogen and oxygen atoms in total. The largest absolute Gasteiger partial charge is 0.352 e. The van der Waals surface area contributed by atoms with Crippen molar-refractivity contribution in [1.29, 1.82) is 0 Å². The zero-order chi connectivity index (χ0) is 16.6. The minimum Gasteiger partial charge on any atom is -0.352 e. The van der Waals surface area contributed by atoms with Crippen LogP contribution in [0.3, 0.4) is 0 Å². The Labute approximate surface area is 143 Å². The Hall–Kier alpha value is -2.27. The summed E-state index contributed by atoms with van der Waals surface area (Å²) in [6.07, 6.45) is 8.34. The molecular weight excluding hydrogens is 300 g/mol. The number of piperidine rings is 1. The van der Waals surface area contributed by atoms with Crippen molar-refractivity contribution in [2.45, 2.75) is 25.7 Å². The van der Waals surface area contributed by atoms with Crippen molar-refractivity contribution in [2.24, 2.45) is 0 Å². The van der Waals surface area contributed by atoms with Crippen LogP contribution >= 0.6 is 0 Å². The van der Waals surface area contributed by atoms with Gasteiger partial charge in [-0.2, -0.15) is 0 Å². The van der Waals surface area contributed by atoms with E-state index in [2.05, 4.69) is 20.2 Å². The molecule has 0 spiro atoms. The highest BCUT2D eigenvalue weighted by atomic mass is 16.1. The molecule has 0 saturated carbocycles. The topological polar surface area (TPSA) is 58.1 Å². The molecule has 1 aliphatic rings. The van der Waals surface area contributed by atoms with E-state index in [4.69, 9.17) is 0 Å². The molecule has 0 atom stereocenters. The minimum atomic E-state index is -0.0811. The molecule has 0 unspecified atom stereocenters. The number of nitrogens with one attached hydrogen (secondary N) is 1. The second-order valence-corrected chi connectivity index (χ2v) is 6.13. The van der Waals surface area contributed by atoms with Gasteiger partial charge in [0.25, 0.3) is 5.91 Å². The molecule has 1 amide bonds. The second-order valence-electron chi connectivity index (χ2n) is 6.13. The molecule has 0 bridgehead atoms. The number of carbonyl (C=O) groups is 1. The van der Waals surface area contributed by atoms with E-state index >= 15 is 0 Å². The van der Waals surface area contributed by atoms with Gasteiger partial charge in [-0.3, -0.25) is 14.8 Å². The molecule has 0 aliphatic carbocycles. The molecule has 1 saturated heterocycles. The third-order valence-electron chi connectivity index (χ3n) is 4.35. The van der Waals surface area contributed by atoms with Gasteiger partial charge < -0.3 is 10.2 Å². The van der Waals surface area contributed by atoms with Gasteiger partial charge >= 0.3 is 0 Å². The Morgan fingerprint density at radius 2 is 1.88 bits per heavy atom. The Kier molecular flexibility index (Phi) is 5.90. The lowest BCUT2D eigenvalue weighted by Gasteiger charge is -2.26. The van der Waals surface area contributed by atoms with E-state index in [1.54, 1.807) is 24.5 Å². The molecule has 1 N–H and O–H groups in total. The Morgan fingerprint density at radius 1 is 1.04 bits per heavy atom. The number of amides is 1. The van der Waals surface area contributed by atoms with Gasteiger partial charge in [0.15, 0.2) is 0 Å². The van der Waals surface area contributed by atoms with Crippen LogP contribution in [0.5, 0.6) is 0 Å². The SMILES string of the molecule is O=C(NCCCN1CCCCC1)c1cccnc1-c1ccccn1. The second kappa shape index (κ2) is 8.55. The van der Waals surface area contributed by atoms with Gasteiger partial charge in [-0.05, 0) is 63.2 Å². The number of nitrogens with zero attached hydrogens (tertiary/aromatic N) is 3. The molecule has 3 heterocycles. The lowest BCUT2D eigenvalue weighted by molar-refractivity contribution is 0.0951. The molecule has 24 heavy (non-hydrogen) atoms. The fraction of sp³-hybridized carbons (Fsp3) is 0.421. The third kappa shape index (κ3) is 4.38. The van der Waals surface area contributed by atoms with Crippen molar-refractivity contribution in [3.8, 4) is 11.4 Å². The smallest absolute Gasteiger partial charge is 0.253 e. The number of likely N-dealkylation sites (tertiary alicyclic amines) is 1. The summed E-state index contributed by atoms with van der Waals surface area (Å²) < 4.78 is 0. The first-order valence-electron chi connectivity index (χ1n) is 8.71. The van der Waals surface area contributed by atoms with Crippen molar-refractivity contribution in [1.82, 2.24) is 20.2 Å². The molecule has 0 aromatic carbocycles. The molecule has 2 aromatic heterocycles. The third-order valence-corrected chi connectivity index (χ3v) is 4.35. The predicted molar refractivity (Wildman–Crippen MR) is 94.7 cm³/mol. The molecule has 5 heteroatoms. The van der Waals surface area contributed by atoms with Crippen LogP contribution in [0.1, 0.15) is 36.0 Å². The normalized spacial score (nSPS) is 15.2. The van der Waals surface area contributed by atoms with Crippen molar-refractivity contribution < 1.29 is 4.79 Å². The van der Waals surface area contributed by atoms with E-state index in [0.717, 1.165) is 18.7 Å². The van der Waals surface area contributed by atoms with E-state index < -0.39 is 0 Å². The van der Waals surface area contributed by atoms with E-state index in [9.17, 15) is 4.79 Å². The summed E-state index contributed by atoms with van der Waals surface area (Å²) in [5.74, 6) is -0.0811. The zero-order valence-corrected chi connectivity index (χ0v) is 13.9. The molecule has 126 valence electrons. The Morgan fingerprint density at radius 3 is 2.67 bits per heavy atom. The summed E-state index contributed by atoms with van der Waals surface area (Å²) in [7, 11) is 0. The van der Waals surface area contributed by atoms with Gasteiger partial charge in [-0.25, -0.2) is 0 Å². The van der Waals surface area contributed by atoms with E-state index in [1.165, 1.54) is 32.4 Å². The first kappa shape index (κ1) is 16.6. The van der Waals surface area contributed by atoms with Crippen molar-refractivity contribution >= 4 is 5.91 Å². The minimum absolute atomic E-state index is 0.0811. The van der Waals surface area contributed by atoms with Crippen molar-refractivity contribution in [3.05, 3.63) is 48.3 Å². The summed E-state index contributed by atoms with van der Waals surface area (Å²) >= 11 is 0. The van der Waals surface area contributed by atoms with Crippen molar-refractivity contribution in [3.63, 3.8) is 0 Å². The lowest BCUT2D eigenvalue weighted by Crippen LogP contribution is -2.33. The predicted octanol–water partition coefficient (Wildman–Crippen LogP) is 2.75. The molecule has 0 radical (unpaired) electrons. The lowest BCUT2D eigenvalue weighted by atomic mass is 10.1. The first-order chi connectivity index (χ1) is 11.8. The highest BCUT2D eigenvalue weighted by molar-refractivity contribution is 5.99. The van der Waals surface area contributed by atoms with E-state index in [0.29, 0.717) is 17.8 Å². The summed E-state index contributed by atoms with van der Waals surface area (Å²) in [4.78, 5) is 23.6. The van der Waals surface area contributed by atoms with Crippen LogP contribution in [-0.4, -0.2) is 47.0 Å². The monoisotopic (exact) mass is 324 g/mol. The maximum atomic E-state index is 12.5. The average Bonchev–Trinajstić information content (AvgIpc) is 2.66. The highest BCUT2D eigenvalue weighted by Crippen LogP contribution is 2.18. The molecule has 2 aromatic rings. The van der Waals surface area contributed by atoms with Crippen LogP contribution in [0, 0.1) is 0 Å². The van der Waals surface area contributed by atoms with Gasteiger partial charge in [-0.1, -0.05) is 12.5 Å². The van der Waals surface area contributed by atoms with Gasteiger partial charge in [0.2, 0.25) is 0 Å². The Balaban J connectivity index is 1.55.